The predicted molar refractivity (Wildman–Crippen MR) is 77.0 cm³/mol. The number of nitrogens with zero attached hydrogens (tertiary/aromatic N) is 1. The van der Waals surface area contributed by atoms with Crippen molar-refractivity contribution in [2.75, 3.05) is 11.9 Å². The fourth-order valence-electron chi connectivity index (χ4n) is 1.81. The van der Waals surface area contributed by atoms with E-state index in [9.17, 15) is 27.9 Å². The van der Waals surface area contributed by atoms with E-state index in [2.05, 4.69) is 20.6 Å². The molecule has 10 heteroatoms. The number of aliphatic hydroxyl groups is 1. The molecule has 1 heterocycles. The summed E-state index contributed by atoms with van der Waals surface area (Å²) in [5.41, 5.74) is -0.966. The first-order valence-corrected chi connectivity index (χ1v) is 6.69. The van der Waals surface area contributed by atoms with Crippen molar-refractivity contribution in [1.82, 2.24) is 15.3 Å². The van der Waals surface area contributed by atoms with E-state index in [0.717, 1.165) is 18.2 Å². The Morgan fingerprint density at radius 2 is 2.08 bits per heavy atom. The second-order valence-electron chi connectivity index (χ2n) is 4.74. The highest BCUT2D eigenvalue weighted by Gasteiger charge is 2.30. The molecule has 0 fully saturated rings. The number of carbonyl (C=O) groups excluding carboxylic acids is 2. The van der Waals surface area contributed by atoms with Crippen LogP contribution in [0.15, 0.2) is 36.8 Å². The summed E-state index contributed by atoms with van der Waals surface area (Å²) >= 11 is 0. The predicted octanol–water partition coefficient (Wildman–Crippen LogP) is 1.16. The molecule has 0 saturated heterocycles. The number of carbonyl (C=O) groups is 2. The van der Waals surface area contributed by atoms with Gasteiger partial charge in [-0.3, -0.25) is 9.59 Å². The summed E-state index contributed by atoms with van der Waals surface area (Å²) in [5.74, 6) is -1.55. The second kappa shape index (κ2) is 7.13. The van der Waals surface area contributed by atoms with Gasteiger partial charge in [0.1, 0.15) is 11.7 Å². The van der Waals surface area contributed by atoms with Gasteiger partial charge in [-0.05, 0) is 18.2 Å². The Bertz CT molecular complexity index is 716. The summed E-state index contributed by atoms with van der Waals surface area (Å²) in [6, 6.07) is 2.67. The lowest BCUT2D eigenvalue weighted by molar-refractivity contribution is -0.137. The monoisotopic (exact) mass is 342 g/mol. The van der Waals surface area contributed by atoms with Crippen LogP contribution in [0.25, 0.3) is 0 Å². The van der Waals surface area contributed by atoms with Crippen molar-refractivity contribution in [3.8, 4) is 0 Å². The number of aromatic nitrogens is 2. The Labute approximate surface area is 133 Å². The largest absolute Gasteiger partial charge is 0.416 e. The van der Waals surface area contributed by atoms with E-state index in [1.165, 1.54) is 18.6 Å². The quantitative estimate of drug-likeness (QED) is 0.654. The topological polar surface area (TPSA) is 107 Å². The van der Waals surface area contributed by atoms with Crippen molar-refractivity contribution in [2.24, 2.45) is 0 Å². The highest BCUT2D eigenvalue weighted by atomic mass is 19.4. The summed E-state index contributed by atoms with van der Waals surface area (Å²) < 4.78 is 37.9. The molecule has 0 aliphatic carbocycles. The fourth-order valence-corrected chi connectivity index (χ4v) is 1.81. The van der Waals surface area contributed by atoms with Crippen molar-refractivity contribution in [1.29, 1.82) is 0 Å². The molecule has 0 aliphatic heterocycles. The number of imidazole rings is 1. The number of aromatic amines is 1. The van der Waals surface area contributed by atoms with Crippen LogP contribution in [0.1, 0.15) is 16.1 Å². The van der Waals surface area contributed by atoms with Gasteiger partial charge in [0.15, 0.2) is 0 Å². The standard InChI is InChI=1S/C14H13F3N4O3/c15-14(16,17)8-2-1-3-9(4-8)20-13(24)11(6-22)21-12(23)10-5-18-7-19-10/h1-5,7,11,22H,6H2,(H,18,19)(H,20,24)(H,21,23)/t11-/m0/s1. The van der Waals surface area contributed by atoms with E-state index in [0.29, 0.717) is 0 Å². The smallest absolute Gasteiger partial charge is 0.394 e. The third kappa shape index (κ3) is 4.32. The SMILES string of the molecule is O=C(N[C@@H](CO)C(=O)Nc1cccc(C(F)(F)F)c1)c1cnc[nH]1. The molecule has 1 atom stereocenters. The number of hydrogen-bond donors (Lipinski definition) is 4. The van der Waals surface area contributed by atoms with E-state index >= 15 is 0 Å². The summed E-state index contributed by atoms with van der Waals surface area (Å²) in [5, 5.41) is 13.7. The molecule has 24 heavy (non-hydrogen) atoms. The second-order valence-corrected chi connectivity index (χ2v) is 4.74. The molecule has 0 spiro atoms. The molecule has 2 aromatic rings. The first-order valence-electron chi connectivity index (χ1n) is 6.69. The minimum absolute atomic E-state index is 0.0697. The van der Waals surface area contributed by atoms with Crippen LogP contribution in [0.5, 0.6) is 0 Å². The molecule has 2 rings (SSSR count). The highest BCUT2D eigenvalue weighted by molar-refractivity contribution is 6.00. The van der Waals surface area contributed by atoms with Gasteiger partial charge in [0.2, 0.25) is 5.91 Å². The van der Waals surface area contributed by atoms with Gasteiger partial charge in [-0.2, -0.15) is 13.2 Å². The van der Waals surface area contributed by atoms with Gasteiger partial charge in [-0.15, -0.1) is 0 Å². The number of H-pyrrole nitrogens is 1. The number of anilines is 1. The summed E-state index contributed by atoms with van der Waals surface area (Å²) in [7, 11) is 0. The minimum atomic E-state index is -4.55. The third-order valence-corrected chi connectivity index (χ3v) is 3.00. The van der Waals surface area contributed by atoms with E-state index in [1.807, 2.05) is 0 Å². The molecule has 128 valence electrons. The number of nitrogens with one attached hydrogen (secondary N) is 3. The van der Waals surface area contributed by atoms with Gasteiger partial charge in [0, 0.05) is 5.69 Å². The van der Waals surface area contributed by atoms with Crippen LogP contribution in [0.2, 0.25) is 0 Å². The van der Waals surface area contributed by atoms with Crippen molar-refractivity contribution in [2.45, 2.75) is 12.2 Å². The molecule has 1 aromatic carbocycles. The zero-order chi connectivity index (χ0) is 17.7. The van der Waals surface area contributed by atoms with Gasteiger partial charge in [0.25, 0.3) is 5.91 Å². The summed E-state index contributed by atoms with van der Waals surface area (Å²) in [6.07, 6.45) is -2.08. The van der Waals surface area contributed by atoms with Crippen LogP contribution in [0.4, 0.5) is 18.9 Å². The number of alkyl halides is 3. The van der Waals surface area contributed by atoms with Crippen LogP contribution in [-0.2, 0) is 11.0 Å². The zero-order valence-electron chi connectivity index (χ0n) is 12.1. The molecular weight excluding hydrogens is 329 g/mol. The normalized spacial score (nSPS) is 12.5. The number of aliphatic hydroxyl groups excluding tert-OH is 1. The molecule has 1 aromatic heterocycles. The van der Waals surface area contributed by atoms with Crippen molar-refractivity contribution >= 4 is 17.5 Å². The summed E-state index contributed by atoms with van der Waals surface area (Å²) in [4.78, 5) is 30.0. The van der Waals surface area contributed by atoms with Gasteiger partial charge in [-0.1, -0.05) is 6.07 Å². The molecule has 0 unspecified atom stereocenters. The Hall–Kier alpha value is -2.88. The number of halogens is 3. The number of amides is 2. The van der Waals surface area contributed by atoms with Crippen LogP contribution < -0.4 is 10.6 Å². The first-order chi connectivity index (χ1) is 11.3. The number of rotatable bonds is 5. The maximum absolute atomic E-state index is 12.6. The lowest BCUT2D eigenvalue weighted by atomic mass is 10.2. The molecule has 2 amide bonds. The average molecular weight is 342 g/mol. The lowest BCUT2D eigenvalue weighted by Crippen LogP contribution is -2.46. The molecule has 0 aliphatic rings. The van der Waals surface area contributed by atoms with Gasteiger partial charge >= 0.3 is 6.18 Å². The highest BCUT2D eigenvalue weighted by Crippen LogP contribution is 2.30. The molecule has 7 nitrogen and oxygen atoms in total. The van der Waals surface area contributed by atoms with Crippen LogP contribution in [-0.4, -0.2) is 39.5 Å². The van der Waals surface area contributed by atoms with Crippen LogP contribution in [0.3, 0.4) is 0 Å². The van der Waals surface area contributed by atoms with E-state index in [4.69, 9.17) is 0 Å². The first kappa shape index (κ1) is 17.5. The molecule has 4 N–H and O–H groups in total. The van der Waals surface area contributed by atoms with Gasteiger partial charge in [0.05, 0.1) is 24.7 Å². The van der Waals surface area contributed by atoms with Gasteiger partial charge in [-0.25, -0.2) is 4.98 Å². The zero-order valence-corrected chi connectivity index (χ0v) is 12.1. The van der Waals surface area contributed by atoms with E-state index in [-0.39, 0.29) is 11.4 Å². The Kier molecular flexibility index (Phi) is 5.19. The Morgan fingerprint density at radius 1 is 1.33 bits per heavy atom. The molecule has 0 saturated carbocycles. The van der Waals surface area contributed by atoms with Crippen molar-refractivity contribution in [3.05, 3.63) is 48.0 Å². The third-order valence-electron chi connectivity index (χ3n) is 3.00. The number of hydrogen-bond acceptors (Lipinski definition) is 4. The lowest BCUT2D eigenvalue weighted by Gasteiger charge is -2.16. The van der Waals surface area contributed by atoms with E-state index in [1.54, 1.807) is 0 Å². The fraction of sp³-hybridized carbons (Fsp3) is 0.214. The maximum Gasteiger partial charge on any atom is 0.416 e. The molecule has 0 bridgehead atoms. The van der Waals surface area contributed by atoms with Crippen molar-refractivity contribution in [3.63, 3.8) is 0 Å². The maximum atomic E-state index is 12.6. The molecular formula is C14H13F3N4O3. The number of benzene rings is 1. The Morgan fingerprint density at radius 3 is 2.67 bits per heavy atom. The van der Waals surface area contributed by atoms with Crippen LogP contribution in [0, 0.1) is 0 Å². The Balaban J connectivity index is 2.05. The van der Waals surface area contributed by atoms with E-state index < -0.39 is 36.2 Å². The minimum Gasteiger partial charge on any atom is -0.394 e. The van der Waals surface area contributed by atoms with Gasteiger partial charge < -0.3 is 20.7 Å². The van der Waals surface area contributed by atoms with Crippen LogP contribution >= 0.6 is 0 Å². The molecule has 0 radical (unpaired) electrons. The average Bonchev–Trinajstić information content (AvgIpc) is 3.06. The van der Waals surface area contributed by atoms with Crippen molar-refractivity contribution < 1.29 is 27.9 Å². The summed E-state index contributed by atoms with van der Waals surface area (Å²) in [6.45, 7) is -0.731.